The van der Waals surface area contributed by atoms with Gasteiger partial charge in [-0.15, -0.1) is 0 Å². The quantitative estimate of drug-likeness (QED) is 0.757. The smallest absolute Gasteiger partial charge is 0.307 e. The maximum absolute atomic E-state index is 11.5. The average molecular weight is 269 g/mol. The Morgan fingerprint density at radius 2 is 2.16 bits per heavy atom. The molecule has 0 aromatic carbocycles. The first-order valence-electron chi connectivity index (χ1n) is 6.42. The molecule has 1 heterocycles. The summed E-state index contributed by atoms with van der Waals surface area (Å²) in [4.78, 5) is 11.5. The van der Waals surface area contributed by atoms with Crippen LogP contribution in [0.3, 0.4) is 0 Å². The van der Waals surface area contributed by atoms with Crippen LogP contribution < -0.4 is 10.1 Å². The summed E-state index contributed by atoms with van der Waals surface area (Å²) in [6, 6.07) is -0.143. The Hall–Kier alpha value is -1.56. The standard InChI is InChI=1S/C13H23N3O3/c1-6-7-14-10(8-11(17)18-4)12-9(2)15-16(3)13(12)19-5/h10,14H,6-8H2,1-5H3. The molecular weight excluding hydrogens is 246 g/mol. The molecule has 1 aromatic heterocycles. The summed E-state index contributed by atoms with van der Waals surface area (Å²) in [5.74, 6) is 0.425. The number of methoxy groups -OCH3 is 2. The van der Waals surface area contributed by atoms with E-state index in [0.717, 1.165) is 24.2 Å². The normalized spacial score (nSPS) is 12.3. The summed E-state index contributed by atoms with van der Waals surface area (Å²) in [6.45, 7) is 4.81. The Morgan fingerprint density at radius 3 is 2.68 bits per heavy atom. The number of aryl methyl sites for hydroxylation is 2. The molecule has 1 atom stereocenters. The van der Waals surface area contributed by atoms with Crippen LogP contribution in [-0.2, 0) is 16.6 Å². The predicted octanol–water partition coefficient (Wildman–Crippen LogP) is 1.34. The minimum Gasteiger partial charge on any atom is -0.481 e. The Kier molecular flexibility index (Phi) is 5.82. The maximum Gasteiger partial charge on any atom is 0.307 e. The van der Waals surface area contributed by atoms with Crippen molar-refractivity contribution in [3.05, 3.63) is 11.3 Å². The van der Waals surface area contributed by atoms with Gasteiger partial charge in [0.05, 0.1) is 31.9 Å². The second-order valence-corrected chi connectivity index (χ2v) is 4.42. The SMILES string of the molecule is CCCNC(CC(=O)OC)c1c(C)nn(C)c1OC. The fourth-order valence-electron chi connectivity index (χ4n) is 2.14. The predicted molar refractivity (Wildman–Crippen MR) is 72.2 cm³/mol. The molecule has 0 aliphatic carbocycles. The topological polar surface area (TPSA) is 65.4 Å². The number of ether oxygens (including phenoxy) is 2. The number of carbonyl (C=O) groups is 1. The van der Waals surface area contributed by atoms with E-state index in [1.54, 1.807) is 11.8 Å². The van der Waals surface area contributed by atoms with Gasteiger partial charge in [-0.2, -0.15) is 5.10 Å². The lowest BCUT2D eigenvalue weighted by molar-refractivity contribution is -0.141. The zero-order chi connectivity index (χ0) is 14.4. The van der Waals surface area contributed by atoms with Crippen LogP contribution in [0.15, 0.2) is 0 Å². The molecule has 0 saturated carbocycles. The third-order valence-corrected chi connectivity index (χ3v) is 3.00. The van der Waals surface area contributed by atoms with Gasteiger partial charge in [0.25, 0.3) is 0 Å². The number of esters is 1. The van der Waals surface area contributed by atoms with E-state index < -0.39 is 0 Å². The molecular formula is C13H23N3O3. The molecule has 0 aliphatic rings. The van der Waals surface area contributed by atoms with Crippen LogP contribution in [0.25, 0.3) is 0 Å². The number of hydrogen-bond acceptors (Lipinski definition) is 5. The Labute approximate surface area is 114 Å². The van der Waals surface area contributed by atoms with Gasteiger partial charge in [-0.05, 0) is 19.9 Å². The lowest BCUT2D eigenvalue weighted by Crippen LogP contribution is -2.26. The van der Waals surface area contributed by atoms with Crippen molar-refractivity contribution in [1.29, 1.82) is 0 Å². The van der Waals surface area contributed by atoms with E-state index in [4.69, 9.17) is 9.47 Å². The molecule has 1 aromatic rings. The highest BCUT2D eigenvalue weighted by Crippen LogP contribution is 2.30. The Morgan fingerprint density at radius 1 is 1.47 bits per heavy atom. The van der Waals surface area contributed by atoms with Gasteiger partial charge in [-0.3, -0.25) is 4.79 Å². The van der Waals surface area contributed by atoms with Crippen molar-refractivity contribution in [2.75, 3.05) is 20.8 Å². The maximum atomic E-state index is 11.5. The van der Waals surface area contributed by atoms with Crippen LogP contribution in [0.2, 0.25) is 0 Å². The molecule has 108 valence electrons. The highest BCUT2D eigenvalue weighted by atomic mass is 16.5. The van der Waals surface area contributed by atoms with Gasteiger partial charge in [0.15, 0.2) is 0 Å². The van der Waals surface area contributed by atoms with Crippen molar-refractivity contribution in [3.8, 4) is 5.88 Å². The number of hydrogen-bond donors (Lipinski definition) is 1. The highest BCUT2D eigenvalue weighted by molar-refractivity contribution is 5.70. The fraction of sp³-hybridized carbons (Fsp3) is 0.692. The van der Waals surface area contributed by atoms with Gasteiger partial charge < -0.3 is 14.8 Å². The third-order valence-electron chi connectivity index (χ3n) is 3.00. The molecule has 0 spiro atoms. The molecule has 6 heteroatoms. The Balaban J connectivity index is 3.05. The molecule has 1 rings (SSSR count). The molecule has 6 nitrogen and oxygen atoms in total. The van der Waals surface area contributed by atoms with Crippen LogP contribution in [0.1, 0.15) is 37.1 Å². The van der Waals surface area contributed by atoms with Gasteiger partial charge in [0, 0.05) is 13.1 Å². The minimum atomic E-state index is -0.251. The zero-order valence-corrected chi connectivity index (χ0v) is 12.3. The summed E-state index contributed by atoms with van der Waals surface area (Å²) in [7, 11) is 4.83. The van der Waals surface area contributed by atoms with E-state index in [1.807, 2.05) is 14.0 Å². The van der Waals surface area contributed by atoms with Crippen LogP contribution in [-0.4, -0.2) is 36.5 Å². The number of carbonyl (C=O) groups excluding carboxylic acids is 1. The van der Waals surface area contributed by atoms with Crippen molar-refractivity contribution in [1.82, 2.24) is 15.1 Å². The van der Waals surface area contributed by atoms with Gasteiger partial charge in [0.1, 0.15) is 0 Å². The fourth-order valence-corrected chi connectivity index (χ4v) is 2.14. The second kappa shape index (κ2) is 7.13. The second-order valence-electron chi connectivity index (χ2n) is 4.42. The summed E-state index contributed by atoms with van der Waals surface area (Å²) >= 11 is 0. The van der Waals surface area contributed by atoms with Gasteiger partial charge >= 0.3 is 5.97 Å². The molecule has 1 N–H and O–H groups in total. The molecule has 0 fully saturated rings. The first kappa shape index (κ1) is 15.5. The molecule has 19 heavy (non-hydrogen) atoms. The van der Waals surface area contributed by atoms with E-state index >= 15 is 0 Å². The van der Waals surface area contributed by atoms with E-state index in [0.29, 0.717) is 5.88 Å². The first-order valence-corrected chi connectivity index (χ1v) is 6.42. The zero-order valence-electron chi connectivity index (χ0n) is 12.3. The van der Waals surface area contributed by atoms with Crippen LogP contribution in [0.5, 0.6) is 5.88 Å². The Bertz CT molecular complexity index is 429. The lowest BCUT2D eigenvalue weighted by atomic mass is 10.0. The van der Waals surface area contributed by atoms with Crippen LogP contribution in [0.4, 0.5) is 0 Å². The largest absolute Gasteiger partial charge is 0.481 e. The summed E-state index contributed by atoms with van der Waals surface area (Å²) < 4.78 is 11.8. The van der Waals surface area contributed by atoms with Crippen molar-refractivity contribution in [2.24, 2.45) is 7.05 Å². The number of nitrogens with zero attached hydrogens (tertiary/aromatic N) is 2. The molecule has 0 aliphatic heterocycles. The number of aromatic nitrogens is 2. The van der Waals surface area contributed by atoms with Crippen LogP contribution in [0, 0.1) is 6.92 Å². The van der Waals surface area contributed by atoms with Crippen LogP contribution >= 0.6 is 0 Å². The summed E-state index contributed by atoms with van der Waals surface area (Å²) in [5, 5.41) is 7.69. The third kappa shape index (κ3) is 3.70. The highest BCUT2D eigenvalue weighted by Gasteiger charge is 2.25. The molecule has 1 unspecified atom stereocenters. The van der Waals surface area contributed by atoms with Crippen molar-refractivity contribution in [2.45, 2.75) is 32.7 Å². The molecule has 0 radical (unpaired) electrons. The monoisotopic (exact) mass is 269 g/mol. The van der Waals surface area contributed by atoms with E-state index in [2.05, 4.69) is 17.3 Å². The molecule has 0 bridgehead atoms. The minimum absolute atomic E-state index is 0.143. The first-order chi connectivity index (χ1) is 9.04. The molecule has 0 amide bonds. The van der Waals surface area contributed by atoms with Gasteiger partial charge in [0.2, 0.25) is 5.88 Å². The van der Waals surface area contributed by atoms with Crippen molar-refractivity contribution in [3.63, 3.8) is 0 Å². The lowest BCUT2D eigenvalue weighted by Gasteiger charge is -2.18. The number of rotatable bonds is 7. The molecule has 0 saturated heterocycles. The summed E-state index contributed by atoms with van der Waals surface area (Å²) in [6.07, 6.45) is 1.25. The van der Waals surface area contributed by atoms with Gasteiger partial charge in [-0.1, -0.05) is 6.92 Å². The average Bonchev–Trinajstić information content (AvgIpc) is 2.68. The van der Waals surface area contributed by atoms with Crippen molar-refractivity contribution >= 4 is 5.97 Å². The number of nitrogens with one attached hydrogen (secondary N) is 1. The van der Waals surface area contributed by atoms with E-state index in [-0.39, 0.29) is 18.4 Å². The van der Waals surface area contributed by atoms with E-state index in [1.165, 1.54) is 7.11 Å². The summed E-state index contributed by atoms with van der Waals surface area (Å²) in [5.41, 5.74) is 1.78. The van der Waals surface area contributed by atoms with Gasteiger partial charge in [-0.25, -0.2) is 4.68 Å². The van der Waals surface area contributed by atoms with Crippen molar-refractivity contribution < 1.29 is 14.3 Å². The van der Waals surface area contributed by atoms with E-state index in [9.17, 15) is 4.79 Å².